The van der Waals surface area contributed by atoms with Gasteiger partial charge in [0.2, 0.25) is 0 Å². The maximum Gasteiger partial charge on any atom is 0.516 e. The summed E-state index contributed by atoms with van der Waals surface area (Å²) >= 11 is 0. The first kappa shape index (κ1) is 9.90. The lowest BCUT2D eigenvalue weighted by Crippen LogP contribution is -2.30. The Morgan fingerprint density at radius 2 is 2.09 bits per heavy atom. The van der Waals surface area contributed by atoms with Crippen LogP contribution in [-0.2, 0) is 14.3 Å². The first-order valence-corrected chi connectivity index (χ1v) is 3.22. The number of hydrogen-bond donors (Lipinski definition) is 1. The zero-order valence-corrected chi connectivity index (χ0v) is 6.49. The summed E-state index contributed by atoms with van der Waals surface area (Å²) in [6.07, 6.45) is -1.00. The summed E-state index contributed by atoms with van der Waals surface area (Å²) in [4.78, 5) is 21.0. The van der Waals surface area contributed by atoms with Gasteiger partial charge < -0.3 is 15.2 Å². The molecular formula is C6H11NO4. The molecule has 0 rings (SSSR count). The number of ether oxygens (including phenoxy) is 2. The van der Waals surface area contributed by atoms with Gasteiger partial charge in [0.05, 0.1) is 6.61 Å². The minimum atomic E-state index is -1.00. The number of rotatable bonds is 2. The van der Waals surface area contributed by atoms with Crippen molar-refractivity contribution in [3.05, 3.63) is 0 Å². The molecule has 5 nitrogen and oxygen atoms in total. The topological polar surface area (TPSA) is 78.6 Å². The molecule has 0 spiro atoms. The second-order valence-electron chi connectivity index (χ2n) is 1.89. The Hall–Kier alpha value is -1.10. The zero-order valence-electron chi connectivity index (χ0n) is 6.49. The molecule has 0 aliphatic rings. The van der Waals surface area contributed by atoms with E-state index in [9.17, 15) is 9.59 Å². The summed E-state index contributed by atoms with van der Waals surface area (Å²) in [6, 6.07) is -0.806. The van der Waals surface area contributed by atoms with Crippen LogP contribution >= 0.6 is 0 Å². The van der Waals surface area contributed by atoms with E-state index < -0.39 is 18.2 Å². The third-order valence-corrected chi connectivity index (χ3v) is 0.818. The van der Waals surface area contributed by atoms with Crippen LogP contribution in [0, 0.1) is 0 Å². The van der Waals surface area contributed by atoms with E-state index in [4.69, 9.17) is 5.73 Å². The van der Waals surface area contributed by atoms with Crippen molar-refractivity contribution >= 4 is 12.1 Å². The highest BCUT2D eigenvalue weighted by molar-refractivity contribution is 5.84. The summed E-state index contributed by atoms with van der Waals surface area (Å²) in [7, 11) is 0. The van der Waals surface area contributed by atoms with Crippen LogP contribution in [0.1, 0.15) is 13.8 Å². The molecule has 0 saturated heterocycles. The summed E-state index contributed by atoms with van der Waals surface area (Å²) in [5.74, 6) is -0.788. The van der Waals surface area contributed by atoms with E-state index in [1.165, 1.54) is 6.92 Å². The summed E-state index contributed by atoms with van der Waals surface area (Å²) in [6.45, 7) is 3.20. The summed E-state index contributed by atoms with van der Waals surface area (Å²) in [5.41, 5.74) is 5.10. The van der Waals surface area contributed by atoms with Crippen LogP contribution in [0.4, 0.5) is 4.79 Å². The van der Waals surface area contributed by atoms with E-state index in [-0.39, 0.29) is 6.61 Å². The molecule has 0 aliphatic carbocycles. The second-order valence-corrected chi connectivity index (χ2v) is 1.89. The van der Waals surface area contributed by atoms with Gasteiger partial charge in [-0.1, -0.05) is 0 Å². The molecule has 5 heteroatoms. The molecule has 0 amide bonds. The van der Waals surface area contributed by atoms with E-state index in [1.807, 2.05) is 0 Å². The van der Waals surface area contributed by atoms with Crippen molar-refractivity contribution in [1.82, 2.24) is 0 Å². The fourth-order valence-electron chi connectivity index (χ4n) is 0.322. The highest BCUT2D eigenvalue weighted by Crippen LogP contribution is 1.88. The average molecular weight is 161 g/mol. The Bertz CT molecular complexity index is 155. The predicted octanol–water partition coefficient (Wildman–Crippen LogP) is 0.0333. The van der Waals surface area contributed by atoms with Gasteiger partial charge >= 0.3 is 12.1 Å². The fraction of sp³-hybridized carbons (Fsp3) is 0.667. The lowest BCUT2D eigenvalue weighted by molar-refractivity contribution is -0.140. The molecule has 0 radical (unpaired) electrons. The van der Waals surface area contributed by atoms with Crippen molar-refractivity contribution in [1.29, 1.82) is 0 Å². The number of esters is 1. The zero-order chi connectivity index (χ0) is 8.85. The Kier molecular flexibility index (Phi) is 4.21. The van der Waals surface area contributed by atoms with Crippen LogP contribution in [0.25, 0.3) is 0 Å². The maximum atomic E-state index is 10.6. The van der Waals surface area contributed by atoms with Crippen molar-refractivity contribution in [3.63, 3.8) is 0 Å². The lowest BCUT2D eigenvalue weighted by Gasteiger charge is -2.03. The third-order valence-electron chi connectivity index (χ3n) is 0.818. The van der Waals surface area contributed by atoms with Gasteiger partial charge in [-0.3, -0.25) is 0 Å². The molecule has 2 N–H and O–H groups in total. The first-order valence-electron chi connectivity index (χ1n) is 3.22. The monoisotopic (exact) mass is 161 g/mol. The van der Waals surface area contributed by atoms with Gasteiger partial charge in [0.25, 0.3) is 0 Å². The fourth-order valence-corrected chi connectivity index (χ4v) is 0.322. The average Bonchev–Trinajstić information content (AvgIpc) is 1.87. The normalized spacial score (nSPS) is 11.9. The maximum absolute atomic E-state index is 10.6. The van der Waals surface area contributed by atoms with Gasteiger partial charge in [-0.05, 0) is 13.8 Å². The van der Waals surface area contributed by atoms with E-state index >= 15 is 0 Å². The van der Waals surface area contributed by atoms with Crippen LogP contribution in [0.3, 0.4) is 0 Å². The summed E-state index contributed by atoms with van der Waals surface area (Å²) < 4.78 is 8.45. The van der Waals surface area contributed by atoms with Crippen LogP contribution in [0.15, 0.2) is 0 Å². The second kappa shape index (κ2) is 4.68. The largest absolute Gasteiger partial charge is 0.516 e. The molecule has 0 aromatic heterocycles. The van der Waals surface area contributed by atoms with E-state index in [1.54, 1.807) is 6.92 Å². The van der Waals surface area contributed by atoms with E-state index in [0.29, 0.717) is 0 Å². The molecule has 11 heavy (non-hydrogen) atoms. The molecule has 0 saturated carbocycles. The Morgan fingerprint density at radius 3 is 2.45 bits per heavy atom. The Labute approximate surface area is 64.5 Å². The number of hydrogen-bond acceptors (Lipinski definition) is 5. The van der Waals surface area contributed by atoms with Crippen molar-refractivity contribution in [3.8, 4) is 0 Å². The van der Waals surface area contributed by atoms with Crippen LogP contribution < -0.4 is 5.73 Å². The highest BCUT2D eigenvalue weighted by atomic mass is 16.7. The van der Waals surface area contributed by atoms with Crippen molar-refractivity contribution < 1.29 is 19.1 Å². The molecule has 0 aromatic carbocycles. The molecule has 1 atom stereocenters. The van der Waals surface area contributed by atoms with Gasteiger partial charge in [0.1, 0.15) is 6.04 Å². The third kappa shape index (κ3) is 4.32. The minimum absolute atomic E-state index is 0.172. The number of nitrogens with two attached hydrogens (primary N) is 1. The molecule has 64 valence electrons. The van der Waals surface area contributed by atoms with Crippen LogP contribution in [0.5, 0.6) is 0 Å². The molecule has 1 unspecified atom stereocenters. The lowest BCUT2D eigenvalue weighted by atomic mass is 10.4. The van der Waals surface area contributed by atoms with Crippen molar-refractivity contribution in [2.24, 2.45) is 5.73 Å². The van der Waals surface area contributed by atoms with Crippen LogP contribution in [0.2, 0.25) is 0 Å². The van der Waals surface area contributed by atoms with Gasteiger partial charge in [-0.25, -0.2) is 9.59 Å². The summed E-state index contributed by atoms with van der Waals surface area (Å²) in [5, 5.41) is 0. The SMILES string of the molecule is CCOC(=O)OC(=O)C(C)N. The van der Waals surface area contributed by atoms with Crippen LogP contribution in [-0.4, -0.2) is 24.8 Å². The molecule has 0 heterocycles. The molecule has 0 aromatic rings. The number of carbonyl (C=O) groups excluding carboxylic acids is 2. The minimum Gasteiger partial charge on any atom is -0.434 e. The molecular weight excluding hydrogens is 150 g/mol. The van der Waals surface area contributed by atoms with Gasteiger partial charge in [-0.15, -0.1) is 0 Å². The molecule has 0 aliphatic heterocycles. The first-order chi connectivity index (χ1) is 5.07. The predicted molar refractivity (Wildman–Crippen MR) is 36.8 cm³/mol. The molecule has 0 bridgehead atoms. The molecule has 0 fully saturated rings. The smallest absolute Gasteiger partial charge is 0.434 e. The number of carbonyl (C=O) groups is 2. The van der Waals surface area contributed by atoms with Crippen molar-refractivity contribution in [2.75, 3.05) is 6.61 Å². The standard InChI is InChI=1S/C6H11NO4/c1-3-10-6(9)11-5(8)4(2)7/h4H,3,7H2,1-2H3. The van der Waals surface area contributed by atoms with Gasteiger partial charge in [0, 0.05) is 0 Å². The van der Waals surface area contributed by atoms with Gasteiger partial charge in [-0.2, -0.15) is 0 Å². The van der Waals surface area contributed by atoms with E-state index in [0.717, 1.165) is 0 Å². The highest BCUT2D eigenvalue weighted by Gasteiger charge is 2.14. The van der Waals surface area contributed by atoms with Crippen molar-refractivity contribution in [2.45, 2.75) is 19.9 Å². The quantitative estimate of drug-likeness (QED) is 0.456. The van der Waals surface area contributed by atoms with E-state index in [2.05, 4.69) is 9.47 Å². The Morgan fingerprint density at radius 1 is 1.55 bits per heavy atom. The Balaban J connectivity index is 3.67. The van der Waals surface area contributed by atoms with Gasteiger partial charge in [0.15, 0.2) is 0 Å².